The highest BCUT2D eigenvalue weighted by Gasteiger charge is 2.11. The van der Waals surface area contributed by atoms with Crippen LogP contribution in [0.3, 0.4) is 0 Å². The summed E-state index contributed by atoms with van der Waals surface area (Å²) in [6.45, 7) is 11.9. The predicted molar refractivity (Wildman–Crippen MR) is 81.3 cm³/mol. The first-order valence-corrected chi connectivity index (χ1v) is 7.18. The Balaban J connectivity index is 2.69. The minimum absolute atomic E-state index is 0.0592. The molecule has 0 spiro atoms. The van der Waals surface area contributed by atoms with Gasteiger partial charge in [0.15, 0.2) is 5.78 Å². The summed E-state index contributed by atoms with van der Waals surface area (Å²) in [4.78, 5) is 11.4. The van der Waals surface area contributed by atoms with E-state index >= 15 is 0 Å². The van der Waals surface area contributed by atoms with E-state index in [1.807, 2.05) is 19.1 Å². The second kappa shape index (κ2) is 7.44. The summed E-state index contributed by atoms with van der Waals surface area (Å²) in [5, 5.41) is 0. The van der Waals surface area contributed by atoms with E-state index in [0.29, 0.717) is 25.4 Å². The molecule has 20 heavy (non-hydrogen) atoms. The van der Waals surface area contributed by atoms with Crippen molar-refractivity contribution in [1.82, 2.24) is 0 Å². The van der Waals surface area contributed by atoms with Crippen LogP contribution in [-0.2, 0) is 11.3 Å². The van der Waals surface area contributed by atoms with Gasteiger partial charge >= 0.3 is 0 Å². The topological polar surface area (TPSA) is 35.5 Å². The fourth-order valence-electron chi connectivity index (χ4n) is 1.77. The van der Waals surface area contributed by atoms with Crippen LogP contribution in [-0.4, -0.2) is 19.0 Å². The summed E-state index contributed by atoms with van der Waals surface area (Å²) >= 11 is 0. The van der Waals surface area contributed by atoms with Crippen molar-refractivity contribution in [3.8, 4) is 5.75 Å². The molecule has 0 amide bonds. The van der Waals surface area contributed by atoms with Gasteiger partial charge in [-0.2, -0.15) is 0 Å². The number of hydrogen-bond acceptors (Lipinski definition) is 3. The van der Waals surface area contributed by atoms with Gasteiger partial charge in [-0.1, -0.05) is 20.8 Å². The zero-order valence-electron chi connectivity index (χ0n) is 13.3. The average molecular weight is 278 g/mol. The number of carbonyl (C=O) groups is 1. The molecule has 112 valence electrons. The second-order valence-corrected chi connectivity index (χ2v) is 6.17. The zero-order valence-corrected chi connectivity index (χ0v) is 13.3. The summed E-state index contributed by atoms with van der Waals surface area (Å²) in [5.74, 6) is 0.859. The molecule has 1 aromatic rings. The van der Waals surface area contributed by atoms with Crippen LogP contribution in [0, 0.1) is 5.41 Å². The Kier molecular flexibility index (Phi) is 6.21. The van der Waals surface area contributed by atoms with Crippen molar-refractivity contribution in [3.05, 3.63) is 29.3 Å². The molecule has 0 aliphatic carbocycles. The summed E-state index contributed by atoms with van der Waals surface area (Å²) in [7, 11) is 0. The molecule has 0 unspecified atom stereocenters. The van der Waals surface area contributed by atoms with Gasteiger partial charge in [-0.25, -0.2) is 0 Å². The Morgan fingerprint density at radius 1 is 1.25 bits per heavy atom. The lowest BCUT2D eigenvalue weighted by Crippen LogP contribution is -2.10. The van der Waals surface area contributed by atoms with Crippen LogP contribution in [0.1, 0.15) is 57.0 Å². The minimum atomic E-state index is 0.0592. The largest absolute Gasteiger partial charge is 0.494 e. The highest BCUT2D eigenvalue weighted by atomic mass is 16.5. The second-order valence-electron chi connectivity index (χ2n) is 6.17. The fourth-order valence-corrected chi connectivity index (χ4v) is 1.77. The molecule has 0 aliphatic rings. The third-order valence-corrected chi connectivity index (χ3v) is 3.02. The Hall–Kier alpha value is -1.35. The maximum Gasteiger partial charge on any atom is 0.159 e. The first kappa shape index (κ1) is 16.7. The third kappa shape index (κ3) is 5.74. The SMILES string of the molecule is CCOc1ccc(C(C)=O)cc1COCCC(C)(C)C. The van der Waals surface area contributed by atoms with Gasteiger partial charge in [-0.3, -0.25) is 4.79 Å². The van der Waals surface area contributed by atoms with Crippen LogP contribution in [0.4, 0.5) is 0 Å². The molecule has 0 radical (unpaired) electrons. The van der Waals surface area contributed by atoms with E-state index in [1.165, 1.54) is 0 Å². The third-order valence-electron chi connectivity index (χ3n) is 3.02. The van der Waals surface area contributed by atoms with Crippen LogP contribution in [0.2, 0.25) is 0 Å². The number of hydrogen-bond donors (Lipinski definition) is 0. The standard InChI is InChI=1S/C17H26O3/c1-6-20-16-8-7-14(13(2)18)11-15(16)12-19-10-9-17(3,4)5/h7-8,11H,6,9-10,12H2,1-5H3. The molecular weight excluding hydrogens is 252 g/mol. The predicted octanol–water partition coefficient (Wildman–Crippen LogP) is 4.24. The zero-order chi connectivity index (χ0) is 15.2. The molecule has 1 aromatic carbocycles. The van der Waals surface area contributed by atoms with Crippen molar-refractivity contribution in [2.75, 3.05) is 13.2 Å². The van der Waals surface area contributed by atoms with Crippen LogP contribution in [0.15, 0.2) is 18.2 Å². The Morgan fingerprint density at radius 3 is 2.50 bits per heavy atom. The molecule has 0 fully saturated rings. The fraction of sp³-hybridized carbons (Fsp3) is 0.588. The van der Waals surface area contributed by atoms with Gasteiger partial charge in [0.2, 0.25) is 0 Å². The van der Waals surface area contributed by atoms with E-state index in [1.54, 1.807) is 13.0 Å². The van der Waals surface area contributed by atoms with Gasteiger partial charge in [-0.05, 0) is 43.9 Å². The molecule has 0 aliphatic heterocycles. The monoisotopic (exact) mass is 278 g/mol. The van der Waals surface area contributed by atoms with Gasteiger partial charge in [0.25, 0.3) is 0 Å². The maximum atomic E-state index is 11.4. The molecule has 0 heterocycles. The molecule has 0 atom stereocenters. The number of carbonyl (C=O) groups excluding carboxylic acids is 1. The van der Waals surface area contributed by atoms with E-state index in [-0.39, 0.29) is 11.2 Å². The van der Waals surface area contributed by atoms with Crippen LogP contribution in [0.25, 0.3) is 0 Å². The quantitative estimate of drug-likeness (QED) is 0.553. The Labute approximate surface area is 122 Å². The molecule has 1 rings (SSSR count). The number of Topliss-reactive ketones (excluding diaryl/α,β-unsaturated/α-hetero) is 1. The summed E-state index contributed by atoms with van der Waals surface area (Å²) in [6, 6.07) is 5.51. The Morgan fingerprint density at radius 2 is 1.95 bits per heavy atom. The van der Waals surface area contributed by atoms with E-state index in [2.05, 4.69) is 20.8 Å². The van der Waals surface area contributed by atoms with Crippen molar-refractivity contribution in [3.63, 3.8) is 0 Å². The lowest BCUT2D eigenvalue weighted by atomic mass is 9.93. The lowest BCUT2D eigenvalue weighted by molar-refractivity contribution is 0.0942. The van der Waals surface area contributed by atoms with Gasteiger partial charge in [0, 0.05) is 17.7 Å². The number of benzene rings is 1. The molecule has 3 nitrogen and oxygen atoms in total. The van der Waals surface area contributed by atoms with Crippen molar-refractivity contribution < 1.29 is 14.3 Å². The van der Waals surface area contributed by atoms with Crippen molar-refractivity contribution >= 4 is 5.78 Å². The summed E-state index contributed by atoms with van der Waals surface area (Å²) in [5.41, 5.74) is 1.90. The van der Waals surface area contributed by atoms with Crippen molar-refractivity contribution in [2.45, 2.75) is 47.6 Å². The highest BCUT2D eigenvalue weighted by molar-refractivity contribution is 5.94. The molecule has 0 saturated carbocycles. The van der Waals surface area contributed by atoms with Crippen LogP contribution in [0.5, 0.6) is 5.75 Å². The van der Waals surface area contributed by atoms with Crippen molar-refractivity contribution in [2.24, 2.45) is 5.41 Å². The molecular formula is C17H26O3. The number of ketones is 1. The van der Waals surface area contributed by atoms with Gasteiger partial charge in [-0.15, -0.1) is 0 Å². The van der Waals surface area contributed by atoms with E-state index in [0.717, 1.165) is 17.7 Å². The summed E-state index contributed by atoms with van der Waals surface area (Å²) in [6.07, 6.45) is 1.00. The molecule has 0 N–H and O–H groups in total. The molecule has 0 aromatic heterocycles. The first-order valence-electron chi connectivity index (χ1n) is 7.18. The van der Waals surface area contributed by atoms with Crippen LogP contribution < -0.4 is 4.74 Å². The lowest BCUT2D eigenvalue weighted by Gasteiger charge is -2.18. The Bertz CT molecular complexity index is 444. The highest BCUT2D eigenvalue weighted by Crippen LogP contribution is 2.23. The maximum absolute atomic E-state index is 11.4. The van der Waals surface area contributed by atoms with Gasteiger partial charge in [0.05, 0.1) is 13.2 Å². The average Bonchev–Trinajstić information content (AvgIpc) is 2.35. The van der Waals surface area contributed by atoms with E-state index < -0.39 is 0 Å². The molecule has 3 heteroatoms. The van der Waals surface area contributed by atoms with Crippen molar-refractivity contribution in [1.29, 1.82) is 0 Å². The minimum Gasteiger partial charge on any atom is -0.494 e. The van der Waals surface area contributed by atoms with Crippen LogP contribution >= 0.6 is 0 Å². The normalized spacial score (nSPS) is 11.4. The summed E-state index contributed by atoms with van der Waals surface area (Å²) < 4.78 is 11.3. The molecule has 0 bridgehead atoms. The van der Waals surface area contributed by atoms with Gasteiger partial charge < -0.3 is 9.47 Å². The number of ether oxygens (including phenoxy) is 2. The van der Waals surface area contributed by atoms with E-state index in [9.17, 15) is 4.79 Å². The number of rotatable bonds is 7. The van der Waals surface area contributed by atoms with Gasteiger partial charge in [0.1, 0.15) is 5.75 Å². The van der Waals surface area contributed by atoms with E-state index in [4.69, 9.17) is 9.47 Å². The first-order chi connectivity index (χ1) is 9.33. The molecule has 0 saturated heterocycles. The smallest absolute Gasteiger partial charge is 0.159 e.